The van der Waals surface area contributed by atoms with E-state index >= 15 is 0 Å². The molecule has 1 aromatic rings. The predicted molar refractivity (Wildman–Crippen MR) is 81.8 cm³/mol. The Balaban J connectivity index is 1.99. The molecule has 4 heteroatoms. The first-order valence-electron chi connectivity index (χ1n) is 7.32. The smallest absolute Gasteiger partial charge is 0.254 e. The van der Waals surface area contributed by atoms with E-state index in [4.69, 9.17) is 5.73 Å². The van der Waals surface area contributed by atoms with Crippen molar-refractivity contribution in [3.05, 3.63) is 16.0 Å². The number of carbonyl (C=O) groups excluding carboxylic acids is 1. The van der Waals surface area contributed by atoms with Crippen LogP contribution < -0.4 is 11.1 Å². The molecule has 19 heavy (non-hydrogen) atoms. The predicted octanol–water partition coefficient (Wildman–Crippen LogP) is 3.65. The Morgan fingerprint density at radius 1 is 1.37 bits per heavy atom. The molecule has 106 valence electrons. The van der Waals surface area contributed by atoms with E-state index in [9.17, 15) is 4.79 Å². The molecule has 2 rings (SSSR count). The van der Waals surface area contributed by atoms with Crippen molar-refractivity contribution in [3.63, 3.8) is 0 Å². The van der Waals surface area contributed by atoms with Crippen LogP contribution in [0.5, 0.6) is 0 Å². The summed E-state index contributed by atoms with van der Waals surface area (Å²) in [4.78, 5) is 13.4. The maximum Gasteiger partial charge on any atom is 0.254 e. The summed E-state index contributed by atoms with van der Waals surface area (Å²) in [5.74, 6) is 0.0218. The van der Waals surface area contributed by atoms with E-state index in [1.54, 1.807) is 11.3 Å². The van der Waals surface area contributed by atoms with Gasteiger partial charge >= 0.3 is 0 Å². The summed E-state index contributed by atoms with van der Waals surface area (Å²) in [6.45, 7) is 4.25. The van der Waals surface area contributed by atoms with Crippen LogP contribution in [0.4, 0.5) is 5.00 Å². The summed E-state index contributed by atoms with van der Waals surface area (Å²) in [5, 5.41) is 3.71. The van der Waals surface area contributed by atoms with Gasteiger partial charge in [-0.15, -0.1) is 11.3 Å². The number of rotatable bonds is 7. The van der Waals surface area contributed by atoms with Crippen molar-refractivity contribution >= 4 is 22.2 Å². The third kappa shape index (κ3) is 3.72. The van der Waals surface area contributed by atoms with Crippen LogP contribution in [0.25, 0.3) is 0 Å². The van der Waals surface area contributed by atoms with Crippen molar-refractivity contribution < 1.29 is 4.79 Å². The van der Waals surface area contributed by atoms with Gasteiger partial charge in [-0.25, -0.2) is 0 Å². The molecule has 0 aliphatic heterocycles. The zero-order valence-corrected chi connectivity index (χ0v) is 12.7. The van der Waals surface area contributed by atoms with Crippen LogP contribution >= 0.6 is 11.3 Å². The number of nitrogens with one attached hydrogen (secondary N) is 1. The molecule has 0 unspecified atom stereocenters. The zero-order chi connectivity index (χ0) is 13.8. The summed E-state index contributed by atoms with van der Waals surface area (Å²) < 4.78 is 0. The first-order valence-corrected chi connectivity index (χ1v) is 8.13. The maximum atomic E-state index is 12.1. The van der Waals surface area contributed by atoms with Crippen molar-refractivity contribution in [1.29, 1.82) is 0 Å². The Hall–Kier alpha value is -1.03. The highest BCUT2D eigenvalue weighted by Crippen LogP contribution is 2.32. The number of thiophene rings is 1. The van der Waals surface area contributed by atoms with Crippen LogP contribution in [0.2, 0.25) is 0 Å². The zero-order valence-electron chi connectivity index (χ0n) is 11.9. The molecule has 0 saturated heterocycles. The fraction of sp³-hybridized carbons (Fsp3) is 0.667. The first-order chi connectivity index (χ1) is 9.13. The molecule has 1 fully saturated rings. The second-order valence-corrected chi connectivity index (χ2v) is 6.58. The van der Waals surface area contributed by atoms with Gasteiger partial charge in [0.05, 0.1) is 10.6 Å². The molecule has 1 aliphatic carbocycles. The van der Waals surface area contributed by atoms with E-state index in [1.165, 1.54) is 30.6 Å². The van der Waals surface area contributed by atoms with Crippen LogP contribution in [0, 0.1) is 6.92 Å². The number of carbonyl (C=O) groups is 1. The van der Waals surface area contributed by atoms with E-state index in [1.807, 2.05) is 6.92 Å². The molecule has 3 N–H and O–H groups in total. The van der Waals surface area contributed by atoms with Crippen molar-refractivity contribution in [2.45, 2.75) is 64.8 Å². The van der Waals surface area contributed by atoms with Gasteiger partial charge in [-0.3, -0.25) is 4.79 Å². The first kappa shape index (κ1) is 14.4. The highest BCUT2D eigenvalue weighted by Gasteiger charge is 2.26. The molecule has 1 heterocycles. The van der Waals surface area contributed by atoms with E-state index in [-0.39, 0.29) is 5.91 Å². The van der Waals surface area contributed by atoms with Gasteiger partial charge < -0.3 is 11.1 Å². The molecule has 3 nitrogen and oxygen atoms in total. The number of aryl methyl sites for hydroxylation is 1. The Morgan fingerprint density at radius 2 is 2.11 bits per heavy atom. The lowest BCUT2D eigenvalue weighted by Crippen LogP contribution is -2.26. The van der Waals surface area contributed by atoms with Crippen molar-refractivity contribution in [1.82, 2.24) is 5.32 Å². The normalized spacial score (nSPS) is 14.6. The monoisotopic (exact) mass is 280 g/mol. The Bertz CT molecular complexity index is 449. The van der Waals surface area contributed by atoms with Gasteiger partial charge in [0.15, 0.2) is 0 Å². The van der Waals surface area contributed by atoms with Crippen LogP contribution in [0.3, 0.4) is 0 Å². The van der Waals surface area contributed by atoms with Crippen molar-refractivity contribution in [3.8, 4) is 0 Å². The molecule has 1 aliphatic rings. The topological polar surface area (TPSA) is 55.1 Å². The van der Waals surface area contributed by atoms with Crippen LogP contribution in [-0.2, 0) is 6.42 Å². The van der Waals surface area contributed by atoms with Crippen LogP contribution in [0.15, 0.2) is 0 Å². The number of nitrogen functional groups attached to an aromatic ring is 1. The molecular formula is C15H24N2OS. The highest BCUT2D eigenvalue weighted by atomic mass is 32.1. The summed E-state index contributed by atoms with van der Waals surface area (Å²) in [6.07, 6.45) is 8.26. The Labute approximate surface area is 119 Å². The largest absolute Gasteiger partial charge is 0.390 e. The van der Waals surface area contributed by atoms with Crippen molar-refractivity contribution in [2.24, 2.45) is 0 Å². The van der Waals surface area contributed by atoms with Gasteiger partial charge in [0.25, 0.3) is 5.91 Å². The van der Waals surface area contributed by atoms with Gasteiger partial charge in [-0.05, 0) is 38.2 Å². The average molecular weight is 280 g/mol. The standard InChI is InChI=1S/C15H24N2OS/c1-3-4-5-6-7-12-10(2)13(14(16)19-12)15(18)17-11-8-9-11/h11H,3-9,16H2,1-2H3,(H,17,18). The molecule has 1 amide bonds. The SMILES string of the molecule is CCCCCCc1sc(N)c(C(=O)NC2CC2)c1C. The number of nitrogens with two attached hydrogens (primary N) is 1. The minimum Gasteiger partial charge on any atom is -0.390 e. The third-order valence-corrected chi connectivity index (χ3v) is 4.85. The lowest BCUT2D eigenvalue weighted by Gasteiger charge is -2.04. The Morgan fingerprint density at radius 3 is 2.74 bits per heavy atom. The average Bonchev–Trinajstić information content (AvgIpc) is 3.12. The minimum absolute atomic E-state index is 0.0218. The highest BCUT2D eigenvalue weighted by molar-refractivity contribution is 7.16. The second-order valence-electron chi connectivity index (χ2n) is 5.45. The molecular weight excluding hydrogens is 256 g/mol. The lowest BCUT2D eigenvalue weighted by molar-refractivity contribution is 0.0951. The summed E-state index contributed by atoms with van der Waals surface area (Å²) >= 11 is 1.59. The van der Waals surface area contributed by atoms with E-state index in [0.29, 0.717) is 11.0 Å². The van der Waals surface area contributed by atoms with Gasteiger partial charge in [-0.2, -0.15) is 0 Å². The van der Waals surface area contributed by atoms with E-state index in [2.05, 4.69) is 12.2 Å². The quantitative estimate of drug-likeness (QED) is 0.749. The summed E-state index contributed by atoms with van der Waals surface area (Å²) in [7, 11) is 0. The number of amides is 1. The molecule has 1 aromatic heterocycles. The van der Waals surface area contributed by atoms with Crippen LogP contribution in [-0.4, -0.2) is 11.9 Å². The number of hydrogen-bond acceptors (Lipinski definition) is 3. The summed E-state index contributed by atoms with van der Waals surface area (Å²) in [6, 6.07) is 0.388. The number of hydrogen-bond donors (Lipinski definition) is 2. The third-order valence-electron chi connectivity index (χ3n) is 3.67. The fourth-order valence-electron chi connectivity index (χ4n) is 2.30. The second kappa shape index (κ2) is 6.42. The molecule has 0 radical (unpaired) electrons. The number of anilines is 1. The fourth-order valence-corrected chi connectivity index (χ4v) is 3.42. The van der Waals surface area contributed by atoms with Crippen molar-refractivity contribution in [2.75, 3.05) is 5.73 Å². The minimum atomic E-state index is 0.0218. The number of unbranched alkanes of at least 4 members (excludes halogenated alkanes) is 3. The molecule has 0 spiro atoms. The van der Waals surface area contributed by atoms with Gasteiger partial charge in [0.1, 0.15) is 0 Å². The Kier molecular flexibility index (Phi) is 4.86. The van der Waals surface area contributed by atoms with E-state index in [0.717, 1.165) is 30.4 Å². The lowest BCUT2D eigenvalue weighted by atomic mass is 10.1. The van der Waals surface area contributed by atoms with Gasteiger partial charge in [-0.1, -0.05) is 26.2 Å². The maximum absolute atomic E-state index is 12.1. The molecule has 1 saturated carbocycles. The van der Waals surface area contributed by atoms with E-state index < -0.39 is 0 Å². The summed E-state index contributed by atoms with van der Waals surface area (Å²) in [5.41, 5.74) is 7.85. The van der Waals surface area contributed by atoms with Gasteiger partial charge in [0, 0.05) is 10.9 Å². The molecule has 0 atom stereocenters. The molecule has 0 bridgehead atoms. The van der Waals surface area contributed by atoms with Crippen LogP contribution in [0.1, 0.15) is 66.2 Å². The molecule has 0 aromatic carbocycles. The van der Waals surface area contributed by atoms with Gasteiger partial charge in [0.2, 0.25) is 0 Å².